The molecule has 7 heteroatoms. The van der Waals surface area contributed by atoms with E-state index in [9.17, 15) is 13.2 Å². The van der Waals surface area contributed by atoms with E-state index in [-0.39, 0.29) is 11.6 Å². The van der Waals surface area contributed by atoms with Gasteiger partial charge in [-0.2, -0.15) is 13.2 Å². The molecule has 0 fully saturated rings. The molecule has 0 amide bonds. The molecule has 1 atom stereocenters. The topological polar surface area (TPSA) is 38.9 Å². The lowest BCUT2D eigenvalue weighted by Crippen LogP contribution is -2.08. The number of benzene rings is 1. The Bertz CT molecular complexity index is 593. The van der Waals surface area contributed by atoms with E-state index in [0.29, 0.717) is 15.2 Å². The van der Waals surface area contributed by atoms with Crippen molar-refractivity contribution in [3.8, 4) is 10.6 Å². The molecule has 0 aliphatic carbocycles. The highest BCUT2D eigenvalue weighted by molar-refractivity contribution is 9.10. The molecule has 19 heavy (non-hydrogen) atoms. The summed E-state index contributed by atoms with van der Waals surface area (Å²) in [6.07, 6.45) is -4.42. The number of nitrogens with two attached hydrogens (primary N) is 1. The smallest absolute Gasteiger partial charge is 0.323 e. The SMILES string of the molecule is CC(N)c1csc(-c2ccc(Br)cc2C(F)(F)F)n1. The second-order valence-corrected chi connectivity index (χ2v) is 5.83. The first-order valence-corrected chi connectivity index (χ1v) is 7.04. The van der Waals surface area contributed by atoms with Crippen molar-refractivity contribution in [2.45, 2.75) is 19.1 Å². The second kappa shape index (κ2) is 5.22. The van der Waals surface area contributed by atoms with Crippen LogP contribution in [0.1, 0.15) is 24.2 Å². The zero-order valence-corrected chi connectivity index (χ0v) is 12.2. The summed E-state index contributed by atoms with van der Waals surface area (Å²) in [6.45, 7) is 1.74. The number of thiazole rings is 1. The van der Waals surface area contributed by atoms with E-state index in [0.717, 1.165) is 17.4 Å². The Morgan fingerprint density at radius 2 is 2.05 bits per heavy atom. The van der Waals surface area contributed by atoms with Crippen LogP contribution < -0.4 is 5.73 Å². The Kier molecular flexibility index (Phi) is 3.98. The first-order valence-electron chi connectivity index (χ1n) is 5.37. The third-order valence-electron chi connectivity index (χ3n) is 2.51. The van der Waals surface area contributed by atoms with Crippen LogP contribution >= 0.6 is 27.3 Å². The van der Waals surface area contributed by atoms with Gasteiger partial charge < -0.3 is 5.73 Å². The number of nitrogens with zero attached hydrogens (tertiary/aromatic N) is 1. The van der Waals surface area contributed by atoms with Crippen LogP contribution in [-0.4, -0.2) is 4.98 Å². The molecule has 0 aliphatic heterocycles. The standard InChI is InChI=1S/C12H10BrF3N2S/c1-6(17)10-5-19-11(18-10)8-3-2-7(13)4-9(8)12(14,15)16/h2-6H,17H2,1H3. The Hall–Kier alpha value is -0.920. The molecule has 0 saturated heterocycles. The highest BCUT2D eigenvalue weighted by Crippen LogP contribution is 2.39. The van der Waals surface area contributed by atoms with Crippen LogP contribution in [0.2, 0.25) is 0 Å². The summed E-state index contributed by atoms with van der Waals surface area (Å²) < 4.78 is 39.4. The number of hydrogen-bond donors (Lipinski definition) is 1. The summed E-state index contributed by atoms with van der Waals surface area (Å²) in [7, 11) is 0. The van der Waals surface area contributed by atoms with E-state index in [4.69, 9.17) is 5.73 Å². The van der Waals surface area contributed by atoms with Gasteiger partial charge in [0, 0.05) is 21.5 Å². The summed E-state index contributed by atoms with van der Waals surface area (Å²) >= 11 is 4.21. The van der Waals surface area contributed by atoms with E-state index in [1.807, 2.05) is 0 Å². The summed E-state index contributed by atoms with van der Waals surface area (Å²) in [5.41, 5.74) is 5.64. The highest BCUT2D eigenvalue weighted by Gasteiger charge is 2.34. The number of halogens is 4. The van der Waals surface area contributed by atoms with E-state index < -0.39 is 11.7 Å². The number of rotatable bonds is 2. The van der Waals surface area contributed by atoms with Crippen molar-refractivity contribution in [3.63, 3.8) is 0 Å². The predicted molar refractivity (Wildman–Crippen MR) is 72.9 cm³/mol. The predicted octanol–water partition coefficient (Wildman–Crippen LogP) is 4.61. The normalized spacial score (nSPS) is 13.6. The molecule has 2 rings (SSSR count). The molecule has 2 nitrogen and oxygen atoms in total. The van der Waals surface area contributed by atoms with Crippen molar-refractivity contribution in [1.82, 2.24) is 4.98 Å². The summed E-state index contributed by atoms with van der Waals surface area (Å²) in [5, 5.41) is 2.01. The average Bonchev–Trinajstić information content (AvgIpc) is 2.77. The fraction of sp³-hybridized carbons (Fsp3) is 0.250. The Labute approximate surface area is 120 Å². The molecule has 2 aromatic rings. The van der Waals surface area contributed by atoms with Crippen molar-refractivity contribution < 1.29 is 13.2 Å². The van der Waals surface area contributed by atoms with Crippen LogP contribution in [0.15, 0.2) is 28.1 Å². The zero-order valence-electron chi connectivity index (χ0n) is 9.83. The molecule has 102 valence electrons. The van der Waals surface area contributed by atoms with Gasteiger partial charge in [0.25, 0.3) is 0 Å². The van der Waals surface area contributed by atoms with Crippen LogP contribution in [0.25, 0.3) is 10.6 Å². The summed E-state index contributed by atoms with van der Waals surface area (Å²) in [6, 6.07) is 3.74. The van der Waals surface area contributed by atoms with Gasteiger partial charge in [-0.15, -0.1) is 11.3 Å². The Morgan fingerprint density at radius 3 is 2.58 bits per heavy atom. The molecule has 1 unspecified atom stereocenters. The molecule has 1 aromatic carbocycles. The lowest BCUT2D eigenvalue weighted by atomic mass is 10.1. The van der Waals surface area contributed by atoms with Gasteiger partial charge in [-0.05, 0) is 19.1 Å². The molecule has 2 N–H and O–H groups in total. The number of hydrogen-bond acceptors (Lipinski definition) is 3. The lowest BCUT2D eigenvalue weighted by Gasteiger charge is -2.11. The van der Waals surface area contributed by atoms with Gasteiger partial charge in [-0.3, -0.25) is 0 Å². The van der Waals surface area contributed by atoms with Crippen molar-refractivity contribution in [2.75, 3.05) is 0 Å². The van der Waals surface area contributed by atoms with Gasteiger partial charge >= 0.3 is 6.18 Å². The van der Waals surface area contributed by atoms with E-state index in [1.54, 1.807) is 18.4 Å². The van der Waals surface area contributed by atoms with Crippen LogP contribution in [0.3, 0.4) is 0 Å². The monoisotopic (exact) mass is 350 g/mol. The number of alkyl halides is 3. The van der Waals surface area contributed by atoms with Crippen LogP contribution in [0.4, 0.5) is 13.2 Å². The Balaban J connectivity index is 2.55. The van der Waals surface area contributed by atoms with Crippen LogP contribution in [0, 0.1) is 0 Å². The first kappa shape index (κ1) is 14.5. The van der Waals surface area contributed by atoms with Gasteiger partial charge in [0.2, 0.25) is 0 Å². The van der Waals surface area contributed by atoms with Crippen molar-refractivity contribution in [3.05, 3.63) is 39.3 Å². The lowest BCUT2D eigenvalue weighted by molar-refractivity contribution is -0.137. The van der Waals surface area contributed by atoms with E-state index >= 15 is 0 Å². The van der Waals surface area contributed by atoms with Gasteiger partial charge in [-0.25, -0.2) is 4.98 Å². The van der Waals surface area contributed by atoms with Gasteiger partial charge in [0.05, 0.1) is 11.3 Å². The molecule has 1 aromatic heterocycles. The van der Waals surface area contributed by atoms with Gasteiger partial charge in [-0.1, -0.05) is 22.0 Å². The molecule has 0 radical (unpaired) electrons. The third kappa shape index (κ3) is 3.16. The maximum Gasteiger partial charge on any atom is 0.417 e. The maximum absolute atomic E-state index is 13.0. The molecule has 1 heterocycles. The van der Waals surface area contributed by atoms with Crippen molar-refractivity contribution in [1.29, 1.82) is 0 Å². The molecule has 0 bridgehead atoms. The van der Waals surface area contributed by atoms with E-state index in [2.05, 4.69) is 20.9 Å². The maximum atomic E-state index is 13.0. The fourth-order valence-electron chi connectivity index (χ4n) is 1.56. The molecular formula is C12H10BrF3N2S. The molecule has 0 spiro atoms. The minimum atomic E-state index is -4.42. The minimum Gasteiger partial charge on any atom is -0.323 e. The first-order chi connectivity index (χ1) is 8.79. The van der Waals surface area contributed by atoms with Gasteiger partial charge in [0.1, 0.15) is 5.01 Å². The third-order valence-corrected chi connectivity index (χ3v) is 3.89. The van der Waals surface area contributed by atoms with Crippen LogP contribution in [-0.2, 0) is 6.18 Å². The van der Waals surface area contributed by atoms with Crippen molar-refractivity contribution in [2.24, 2.45) is 5.73 Å². The van der Waals surface area contributed by atoms with Crippen molar-refractivity contribution >= 4 is 27.3 Å². The Morgan fingerprint density at radius 1 is 1.37 bits per heavy atom. The molecular weight excluding hydrogens is 341 g/mol. The summed E-state index contributed by atoms with van der Waals surface area (Å²) in [4.78, 5) is 4.16. The average molecular weight is 351 g/mol. The van der Waals surface area contributed by atoms with Gasteiger partial charge in [0.15, 0.2) is 0 Å². The number of aromatic nitrogens is 1. The quantitative estimate of drug-likeness (QED) is 0.858. The largest absolute Gasteiger partial charge is 0.417 e. The molecule has 0 saturated carbocycles. The minimum absolute atomic E-state index is 0.0765. The fourth-order valence-corrected chi connectivity index (χ4v) is 2.88. The second-order valence-electron chi connectivity index (χ2n) is 4.05. The summed E-state index contributed by atoms with van der Waals surface area (Å²) in [5.74, 6) is 0. The van der Waals surface area contributed by atoms with Crippen LogP contribution in [0.5, 0.6) is 0 Å². The zero-order chi connectivity index (χ0) is 14.2. The molecule has 0 aliphatic rings. The van der Waals surface area contributed by atoms with E-state index in [1.165, 1.54) is 6.07 Å². The highest BCUT2D eigenvalue weighted by atomic mass is 79.9.